The zero-order chi connectivity index (χ0) is 16.6. The predicted octanol–water partition coefficient (Wildman–Crippen LogP) is 3.84. The van der Waals surface area contributed by atoms with Gasteiger partial charge in [0.15, 0.2) is 17.1 Å². The molecule has 1 rings (SSSR count). The number of hydrogen-bond donors (Lipinski definition) is 0. The smallest absolute Gasteiger partial charge is 0.403 e. The molecule has 1 aromatic heterocycles. The molecule has 1 heterocycles. The first-order valence-corrected chi connectivity index (χ1v) is 4.63. The Morgan fingerprint density at radius 1 is 1.19 bits per heavy atom. The van der Waals surface area contributed by atoms with Crippen LogP contribution >= 0.6 is 0 Å². The van der Waals surface area contributed by atoms with E-state index in [0.29, 0.717) is 0 Å². The molecule has 0 unspecified atom stereocenters. The summed E-state index contributed by atoms with van der Waals surface area (Å²) in [5.41, 5.74) is -6.08. The van der Waals surface area contributed by atoms with Crippen molar-refractivity contribution in [1.82, 2.24) is 4.98 Å². The average Bonchev–Trinajstić information content (AvgIpc) is 2.23. The first-order chi connectivity index (χ1) is 9.33. The van der Waals surface area contributed by atoms with Crippen LogP contribution in [0.2, 0.25) is 0 Å². The van der Waals surface area contributed by atoms with E-state index in [-0.39, 0.29) is 0 Å². The summed E-state index contributed by atoms with van der Waals surface area (Å²) in [6, 6.07) is -0.398. The molecule has 0 bridgehead atoms. The lowest BCUT2D eigenvalue weighted by atomic mass is 10.2. The van der Waals surface area contributed by atoms with E-state index in [2.05, 4.69) is 9.72 Å². The number of rotatable bonds is 3. The highest BCUT2D eigenvalue weighted by Gasteiger charge is 2.43. The summed E-state index contributed by atoms with van der Waals surface area (Å²) in [5, 5.41) is 10.4. The molecule has 0 amide bonds. The number of aromatic nitrogens is 1. The molecule has 13 heteroatoms. The van der Waals surface area contributed by atoms with Crippen molar-refractivity contribution in [3.8, 4) is 5.75 Å². The van der Waals surface area contributed by atoms with Crippen LogP contribution in [0, 0.1) is 10.1 Å². The minimum atomic E-state index is -5.62. The van der Waals surface area contributed by atoms with Gasteiger partial charge >= 0.3 is 12.5 Å². The number of nitro groups is 1. The van der Waals surface area contributed by atoms with E-state index in [1.54, 1.807) is 0 Å². The molecule has 0 radical (unpaired) electrons. The number of alkyl halides is 8. The fraction of sp³-hybridized carbons (Fsp3) is 0.375. The Bertz CT molecular complexity index is 554. The van der Waals surface area contributed by atoms with Crippen molar-refractivity contribution in [3.63, 3.8) is 0 Å². The molecule has 5 nitrogen and oxygen atoms in total. The van der Waals surface area contributed by atoms with Crippen LogP contribution in [0.1, 0.15) is 17.8 Å². The van der Waals surface area contributed by atoms with Crippen molar-refractivity contribution in [1.29, 1.82) is 0 Å². The topological polar surface area (TPSA) is 65.3 Å². The van der Waals surface area contributed by atoms with Crippen LogP contribution in [0.4, 0.5) is 40.8 Å². The summed E-state index contributed by atoms with van der Waals surface area (Å²) < 4.78 is 101. The van der Waals surface area contributed by atoms with Crippen LogP contribution in [-0.4, -0.2) is 16.3 Å². The number of halogens is 8. The number of ether oxygens (including phenoxy) is 1. The summed E-state index contributed by atoms with van der Waals surface area (Å²) in [5.74, 6) is -2.09. The van der Waals surface area contributed by atoms with Gasteiger partial charge in [0.1, 0.15) is 0 Å². The molecule has 0 aliphatic rings. The molecule has 0 N–H and O–H groups in total. The molecular weight excluding hydrogens is 324 g/mol. The minimum absolute atomic E-state index is 0.398. The van der Waals surface area contributed by atoms with Gasteiger partial charge in [0.05, 0.1) is 11.0 Å². The highest BCUT2D eigenvalue weighted by Crippen LogP contribution is 2.41. The van der Waals surface area contributed by atoms with Crippen molar-refractivity contribution in [2.24, 2.45) is 0 Å². The van der Waals surface area contributed by atoms with Crippen LogP contribution in [0.15, 0.2) is 6.07 Å². The van der Waals surface area contributed by atoms with Gasteiger partial charge in [-0.3, -0.25) is 10.1 Å². The molecule has 0 atom stereocenters. The van der Waals surface area contributed by atoms with Gasteiger partial charge in [-0.2, -0.15) is 13.2 Å². The van der Waals surface area contributed by atoms with Crippen LogP contribution in [0.3, 0.4) is 0 Å². The summed E-state index contributed by atoms with van der Waals surface area (Å²) in [7, 11) is 0. The Morgan fingerprint density at radius 2 is 1.71 bits per heavy atom. The van der Waals surface area contributed by atoms with Gasteiger partial charge in [-0.15, -0.1) is 13.2 Å². The predicted molar refractivity (Wildman–Crippen MR) is 47.5 cm³/mol. The van der Waals surface area contributed by atoms with Crippen LogP contribution in [0.25, 0.3) is 0 Å². The molecule has 118 valence electrons. The molecule has 1 aromatic rings. The van der Waals surface area contributed by atoms with E-state index >= 15 is 0 Å². The van der Waals surface area contributed by atoms with E-state index in [4.69, 9.17) is 0 Å². The third-order valence-corrected chi connectivity index (χ3v) is 1.89. The second-order valence-corrected chi connectivity index (χ2v) is 3.34. The van der Waals surface area contributed by atoms with Crippen LogP contribution in [-0.2, 0) is 6.18 Å². The zero-order valence-electron chi connectivity index (χ0n) is 9.30. The van der Waals surface area contributed by atoms with Gasteiger partial charge in [0.25, 0.3) is 12.1 Å². The molecule has 0 spiro atoms. The van der Waals surface area contributed by atoms with Crippen molar-refractivity contribution in [3.05, 3.63) is 27.6 Å². The largest absolute Gasteiger partial charge is 0.573 e. The summed E-state index contributed by atoms with van der Waals surface area (Å²) in [6.45, 7) is 0. The Kier molecular flexibility index (Phi) is 4.24. The van der Waals surface area contributed by atoms with E-state index in [0.717, 1.165) is 0 Å². The lowest BCUT2D eigenvalue weighted by Gasteiger charge is -2.15. The second kappa shape index (κ2) is 5.29. The third kappa shape index (κ3) is 4.13. The van der Waals surface area contributed by atoms with Gasteiger partial charge < -0.3 is 4.74 Å². The number of nitrogens with zero attached hydrogens (tertiary/aromatic N) is 2. The maximum Gasteiger partial charge on any atom is 0.573 e. The van der Waals surface area contributed by atoms with Gasteiger partial charge in [-0.25, -0.2) is 13.8 Å². The maximum atomic E-state index is 12.5. The molecule has 0 aliphatic heterocycles. The fourth-order valence-electron chi connectivity index (χ4n) is 1.21. The Labute approximate surface area is 109 Å². The van der Waals surface area contributed by atoms with Gasteiger partial charge in [-0.1, -0.05) is 0 Å². The molecule has 0 fully saturated rings. The Morgan fingerprint density at radius 3 is 2.05 bits per heavy atom. The zero-order valence-corrected chi connectivity index (χ0v) is 9.30. The van der Waals surface area contributed by atoms with E-state index in [9.17, 15) is 45.2 Å². The average molecular weight is 326 g/mol. The summed E-state index contributed by atoms with van der Waals surface area (Å²) >= 11 is 0. The number of hydrogen-bond acceptors (Lipinski definition) is 4. The normalized spacial score (nSPS) is 12.6. The lowest BCUT2D eigenvalue weighted by molar-refractivity contribution is -0.387. The van der Waals surface area contributed by atoms with Crippen molar-refractivity contribution >= 4 is 5.69 Å². The van der Waals surface area contributed by atoms with Crippen LogP contribution in [0.5, 0.6) is 5.75 Å². The van der Waals surface area contributed by atoms with Crippen LogP contribution < -0.4 is 4.74 Å². The molecular formula is C8H2F8N2O3. The van der Waals surface area contributed by atoms with E-state index in [1.165, 1.54) is 0 Å². The molecule has 0 saturated heterocycles. The van der Waals surface area contributed by atoms with Gasteiger partial charge in [0.2, 0.25) is 0 Å². The monoisotopic (exact) mass is 326 g/mol. The fourth-order valence-corrected chi connectivity index (χ4v) is 1.21. The quantitative estimate of drug-likeness (QED) is 0.481. The number of pyridine rings is 1. The third-order valence-electron chi connectivity index (χ3n) is 1.89. The minimum Gasteiger partial charge on any atom is -0.403 e. The highest BCUT2D eigenvalue weighted by atomic mass is 19.4. The second-order valence-electron chi connectivity index (χ2n) is 3.34. The van der Waals surface area contributed by atoms with E-state index < -0.39 is 52.8 Å². The SMILES string of the molecule is O=[N+]([O-])c1cc(OC(F)(F)F)c(C(F)(F)F)nc1C(F)F. The Balaban J connectivity index is 3.60. The van der Waals surface area contributed by atoms with Gasteiger partial charge in [-0.05, 0) is 0 Å². The van der Waals surface area contributed by atoms with Gasteiger partial charge in [0, 0.05) is 0 Å². The lowest BCUT2D eigenvalue weighted by Crippen LogP contribution is -2.22. The first kappa shape index (κ1) is 16.8. The van der Waals surface area contributed by atoms with Crippen molar-refractivity contribution < 1.29 is 44.8 Å². The highest BCUT2D eigenvalue weighted by molar-refractivity contribution is 5.46. The van der Waals surface area contributed by atoms with E-state index in [1.807, 2.05) is 0 Å². The molecule has 0 saturated carbocycles. The maximum absolute atomic E-state index is 12.5. The van der Waals surface area contributed by atoms with Crippen molar-refractivity contribution in [2.45, 2.75) is 19.0 Å². The molecule has 0 aromatic carbocycles. The standard InChI is InChI=1S/C8H2F8N2O3/c9-6(10)4-2(18(19)20)1-3(21-8(14,15)16)5(17-4)7(11,12)13/h1,6H. The first-order valence-electron chi connectivity index (χ1n) is 4.63. The molecule has 21 heavy (non-hydrogen) atoms. The molecule has 0 aliphatic carbocycles. The summed E-state index contributed by atoms with van der Waals surface area (Å²) in [6.07, 6.45) is -15.0. The summed E-state index contributed by atoms with van der Waals surface area (Å²) in [4.78, 5) is 11.0. The Hall–Kier alpha value is -2.21. The van der Waals surface area contributed by atoms with Crippen molar-refractivity contribution in [2.75, 3.05) is 0 Å².